The predicted molar refractivity (Wildman–Crippen MR) is 60.6 cm³/mol. The summed E-state index contributed by atoms with van der Waals surface area (Å²) in [6.45, 7) is 1.28. The van der Waals surface area contributed by atoms with Gasteiger partial charge in [-0.05, 0) is 19.8 Å². The van der Waals surface area contributed by atoms with Gasteiger partial charge in [0.1, 0.15) is 0 Å². The number of aliphatic carboxylic acids is 1. The zero-order chi connectivity index (χ0) is 13.1. The summed E-state index contributed by atoms with van der Waals surface area (Å²) >= 11 is 0. The molecule has 0 amide bonds. The minimum Gasteiger partial charge on any atom is -0.481 e. The summed E-state index contributed by atoms with van der Waals surface area (Å²) in [6, 6.07) is 1.65. The first kappa shape index (κ1) is 13.9. The number of hydrogen-bond donors (Lipinski definition) is 2. The number of carboxylic acids is 1. The fraction of sp³-hybridized carbons (Fsp3) is 0.800. The van der Waals surface area contributed by atoms with Crippen LogP contribution in [0.25, 0.3) is 0 Å². The maximum Gasteiger partial charge on any atom is 0.305 e. The van der Waals surface area contributed by atoms with E-state index in [4.69, 9.17) is 10.4 Å². The number of carbonyl (C=O) groups is 1. The van der Waals surface area contributed by atoms with Crippen molar-refractivity contribution < 1.29 is 18.3 Å². The molecule has 2 N–H and O–H groups in total. The molecule has 96 valence electrons. The second-order valence-corrected chi connectivity index (χ2v) is 6.48. The second-order valence-electron chi connectivity index (χ2n) is 4.48. The van der Waals surface area contributed by atoms with Crippen LogP contribution in [0.1, 0.15) is 39.0 Å². The van der Waals surface area contributed by atoms with Crippen LogP contribution in [0.3, 0.4) is 0 Å². The largest absolute Gasteiger partial charge is 0.481 e. The van der Waals surface area contributed by atoms with Gasteiger partial charge in [-0.25, -0.2) is 13.1 Å². The van der Waals surface area contributed by atoms with E-state index in [1.54, 1.807) is 6.07 Å². The highest BCUT2D eigenvalue weighted by Gasteiger charge is 2.40. The van der Waals surface area contributed by atoms with Gasteiger partial charge in [0, 0.05) is 5.54 Å². The molecule has 1 atom stereocenters. The van der Waals surface area contributed by atoms with Crippen LogP contribution in [-0.4, -0.2) is 30.3 Å². The molecule has 1 aliphatic rings. The second kappa shape index (κ2) is 5.02. The molecular weight excluding hydrogens is 244 g/mol. The Balaban J connectivity index is 2.89. The number of sulfonamides is 1. The van der Waals surface area contributed by atoms with E-state index in [2.05, 4.69) is 4.72 Å². The molecular formula is C10H16N2O4S. The Hall–Kier alpha value is -1.13. The SMILES string of the molecule is CC(C#N)S(=O)(=O)NC1(CC(=O)O)CCCC1. The topological polar surface area (TPSA) is 107 Å². The van der Waals surface area contributed by atoms with Crippen LogP contribution >= 0.6 is 0 Å². The van der Waals surface area contributed by atoms with Gasteiger partial charge < -0.3 is 5.11 Å². The minimum atomic E-state index is -3.77. The highest BCUT2D eigenvalue weighted by atomic mass is 32.2. The lowest BCUT2D eigenvalue weighted by Crippen LogP contribution is -2.50. The van der Waals surface area contributed by atoms with E-state index in [1.165, 1.54) is 6.92 Å². The lowest BCUT2D eigenvalue weighted by Gasteiger charge is -2.28. The normalized spacial score (nSPS) is 20.7. The van der Waals surface area contributed by atoms with Gasteiger partial charge in [-0.3, -0.25) is 4.79 Å². The molecule has 1 aliphatic carbocycles. The third-order valence-electron chi connectivity index (χ3n) is 3.06. The highest BCUT2D eigenvalue weighted by Crippen LogP contribution is 2.33. The molecule has 0 radical (unpaired) electrons. The predicted octanol–water partition coefficient (Wildman–Crippen LogP) is 0.605. The van der Waals surface area contributed by atoms with Gasteiger partial charge in [-0.2, -0.15) is 5.26 Å². The molecule has 17 heavy (non-hydrogen) atoms. The average Bonchev–Trinajstić information content (AvgIpc) is 2.62. The van der Waals surface area contributed by atoms with Crippen molar-refractivity contribution in [1.82, 2.24) is 4.72 Å². The zero-order valence-electron chi connectivity index (χ0n) is 9.64. The Kier molecular flexibility index (Phi) is 4.11. The molecule has 0 bridgehead atoms. The van der Waals surface area contributed by atoms with E-state index in [0.717, 1.165) is 12.8 Å². The molecule has 7 heteroatoms. The number of nitrogens with one attached hydrogen (secondary N) is 1. The van der Waals surface area contributed by atoms with Crippen LogP contribution in [0, 0.1) is 11.3 Å². The zero-order valence-corrected chi connectivity index (χ0v) is 10.5. The van der Waals surface area contributed by atoms with Crippen molar-refractivity contribution in [3.05, 3.63) is 0 Å². The summed E-state index contributed by atoms with van der Waals surface area (Å²) in [5.41, 5.74) is -0.907. The first-order valence-corrected chi connectivity index (χ1v) is 7.00. The molecule has 1 rings (SSSR count). The van der Waals surface area contributed by atoms with Crippen molar-refractivity contribution in [3.8, 4) is 6.07 Å². The van der Waals surface area contributed by atoms with Crippen molar-refractivity contribution in [2.45, 2.75) is 49.8 Å². The van der Waals surface area contributed by atoms with E-state index < -0.39 is 26.8 Å². The van der Waals surface area contributed by atoms with E-state index in [1.807, 2.05) is 0 Å². The van der Waals surface area contributed by atoms with E-state index in [0.29, 0.717) is 12.8 Å². The Labute approximate surface area is 101 Å². The van der Waals surface area contributed by atoms with Crippen LogP contribution in [-0.2, 0) is 14.8 Å². The molecule has 0 spiro atoms. The molecule has 1 fully saturated rings. The maximum absolute atomic E-state index is 11.8. The fourth-order valence-electron chi connectivity index (χ4n) is 2.12. The third kappa shape index (κ3) is 3.41. The third-order valence-corrected chi connectivity index (χ3v) is 4.81. The first-order valence-electron chi connectivity index (χ1n) is 5.45. The smallest absolute Gasteiger partial charge is 0.305 e. The Morgan fingerprint density at radius 1 is 1.53 bits per heavy atom. The van der Waals surface area contributed by atoms with E-state index in [-0.39, 0.29) is 6.42 Å². The van der Waals surface area contributed by atoms with Crippen molar-refractivity contribution in [1.29, 1.82) is 5.26 Å². The molecule has 0 aliphatic heterocycles. The van der Waals surface area contributed by atoms with Gasteiger partial charge in [0.15, 0.2) is 5.25 Å². The van der Waals surface area contributed by atoms with Gasteiger partial charge in [0.2, 0.25) is 10.0 Å². The average molecular weight is 260 g/mol. The van der Waals surface area contributed by atoms with Crippen LogP contribution in [0.4, 0.5) is 0 Å². The summed E-state index contributed by atoms with van der Waals surface area (Å²) in [7, 11) is -3.77. The van der Waals surface area contributed by atoms with Crippen LogP contribution in [0.15, 0.2) is 0 Å². The Morgan fingerprint density at radius 2 is 2.06 bits per heavy atom. The van der Waals surface area contributed by atoms with Crippen molar-refractivity contribution in [2.75, 3.05) is 0 Å². The molecule has 6 nitrogen and oxygen atoms in total. The molecule has 1 saturated carbocycles. The number of carboxylic acid groups (broad SMARTS) is 1. The monoisotopic (exact) mass is 260 g/mol. The Morgan fingerprint density at radius 3 is 2.47 bits per heavy atom. The highest BCUT2D eigenvalue weighted by molar-refractivity contribution is 7.90. The van der Waals surface area contributed by atoms with Gasteiger partial charge in [0.25, 0.3) is 0 Å². The van der Waals surface area contributed by atoms with Gasteiger partial charge in [-0.15, -0.1) is 0 Å². The summed E-state index contributed by atoms with van der Waals surface area (Å²) in [5, 5.41) is 16.3. The summed E-state index contributed by atoms with van der Waals surface area (Å²) in [4.78, 5) is 10.8. The van der Waals surface area contributed by atoms with Gasteiger partial charge >= 0.3 is 5.97 Å². The molecule has 0 aromatic heterocycles. The Bertz CT molecular complexity index is 432. The number of nitrogens with zero attached hydrogens (tertiary/aromatic N) is 1. The molecule has 0 aromatic carbocycles. The van der Waals surface area contributed by atoms with Crippen LogP contribution in [0.2, 0.25) is 0 Å². The quantitative estimate of drug-likeness (QED) is 0.752. The van der Waals surface area contributed by atoms with Crippen LogP contribution in [0.5, 0.6) is 0 Å². The minimum absolute atomic E-state index is 0.232. The number of nitriles is 1. The summed E-state index contributed by atoms with van der Waals surface area (Å²) < 4.78 is 26.0. The maximum atomic E-state index is 11.8. The van der Waals surface area contributed by atoms with E-state index >= 15 is 0 Å². The van der Waals surface area contributed by atoms with Crippen molar-refractivity contribution in [3.63, 3.8) is 0 Å². The molecule has 0 saturated heterocycles. The lowest BCUT2D eigenvalue weighted by molar-refractivity contribution is -0.138. The summed E-state index contributed by atoms with van der Waals surface area (Å²) in [5.74, 6) is -1.03. The molecule has 0 heterocycles. The van der Waals surface area contributed by atoms with Crippen molar-refractivity contribution >= 4 is 16.0 Å². The van der Waals surface area contributed by atoms with Gasteiger partial charge in [-0.1, -0.05) is 12.8 Å². The fourth-order valence-corrected chi connectivity index (χ4v) is 3.31. The van der Waals surface area contributed by atoms with Crippen LogP contribution < -0.4 is 4.72 Å². The summed E-state index contributed by atoms with van der Waals surface area (Å²) in [6.07, 6.45) is 2.39. The molecule has 0 aromatic rings. The lowest BCUT2D eigenvalue weighted by atomic mass is 9.95. The number of hydrogen-bond acceptors (Lipinski definition) is 4. The number of rotatable bonds is 5. The van der Waals surface area contributed by atoms with Gasteiger partial charge in [0.05, 0.1) is 12.5 Å². The van der Waals surface area contributed by atoms with E-state index in [9.17, 15) is 13.2 Å². The standard InChI is InChI=1S/C10H16N2O4S/c1-8(7-11)17(15,16)12-10(6-9(13)14)4-2-3-5-10/h8,12H,2-6H2,1H3,(H,13,14). The van der Waals surface area contributed by atoms with Crippen molar-refractivity contribution in [2.24, 2.45) is 0 Å². The molecule has 1 unspecified atom stereocenters. The first-order chi connectivity index (χ1) is 7.81.